The predicted molar refractivity (Wildman–Crippen MR) is 94.0 cm³/mol. The SMILES string of the molecule is CCSc1cccc(NC(=O)C(C)C(N)c2ccccc2)c1. The summed E-state index contributed by atoms with van der Waals surface area (Å²) in [6.07, 6.45) is 0. The second-order valence-electron chi connectivity index (χ2n) is 5.18. The minimum absolute atomic E-state index is 0.0602. The van der Waals surface area contributed by atoms with Gasteiger partial charge >= 0.3 is 0 Å². The Morgan fingerprint density at radius 3 is 2.59 bits per heavy atom. The van der Waals surface area contributed by atoms with Gasteiger partial charge in [0.25, 0.3) is 0 Å². The van der Waals surface area contributed by atoms with Crippen molar-refractivity contribution >= 4 is 23.4 Å². The van der Waals surface area contributed by atoms with Crippen LogP contribution in [0.4, 0.5) is 5.69 Å². The summed E-state index contributed by atoms with van der Waals surface area (Å²) in [5.41, 5.74) is 7.99. The van der Waals surface area contributed by atoms with Gasteiger partial charge < -0.3 is 11.1 Å². The Balaban J connectivity index is 2.03. The molecule has 2 atom stereocenters. The van der Waals surface area contributed by atoms with Gasteiger partial charge in [0.15, 0.2) is 0 Å². The van der Waals surface area contributed by atoms with E-state index >= 15 is 0 Å². The Hall–Kier alpha value is -1.78. The summed E-state index contributed by atoms with van der Waals surface area (Å²) < 4.78 is 0. The van der Waals surface area contributed by atoms with Gasteiger partial charge in [-0.2, -0.15) is 0 Å². The molecule has 0 aliphatic rings. The van der Waals surface area contributed by atoms with Crippen LogP contribution in [0.15, 0.2) is 59.5 Å². The molecule has 4 heteroatoms. The second kappa shape index (κ2) is 8.01. The standard InChI is InChI=1S/C18H22N2OS/c1-3-22-16-11-7-10-15(12-16)20-18(21)13(2)17(19)14-8-5-4-6-9-14/h4-13,17H,3,19H2,1-2H3,(H,20,21). The molecule has 22 heavy (non-hydrogen) atoms. The van der Waals surface area contributed by atoms with Gasteiger partial charge in [-0.25, -0.2) is 0 Å². The van der Waals surface area contributed by atoms with E-state index in [-0.39, 0.29) is 17.9 Å². The van der Waals surface area contributed by atoms with E-state index in [0.717, 1.165) is 21.9 Å². The topological polar surface area (TPSA) is 55.1 Å². The number of benzene rings is 2. The van der Waals surface area contributed by atoms with Gasteiger partial charge in [0.1, 0.15) is 0 Å². The number of anilines is 1. The molecule has 0 spiro atoms. The molecular weight excluding hydrogens is 292 g/mol. The summed E-state index contributed by atoms with van der Waals surface area (Å²) in [6.45, 7) is 3.97. The number of carbonyl (C=O) groups is 1. The molecule has 0 saturated heterocycles. The number of thioether (sulfide) groups is 1. The zero-order valence-corrected chi connectivity index (χ0v) is 13.8. The van der Waals surface area contributed by atoms with Crippen LogP contribution in [0.2, 0.25) is 0 Å². The van der Waals surface area contributed by atoms with E-state index in [9.17, 15) is 4.79 Å². The predicted octanol–water partition coefficient (Wildman–Crippen LogP) is 4.07. The van der Waals surface area contributed by atoms with Crippen molar-refractivity contribution in [1.29, 1.82) is 0 Å². The molecular formula is C18H22N2OS. The van der Waals surface area contributed by atoms with Crippen molar-refractivity contribution < 1.29 is 4.79 Å². The number of carbonyl (C=O) groups excluding carboxylic acids is 1. The van der Waals surface area contributed by atoms with Gasteiger partial charge in [-0.3, -0.25) is 4.79 Å². The van der Waals surface area contributed by atoms with Gasteiger partial charge in [0.2, 0.25) is 5.91 Å². The number of hydrogen-bond donors (Lipinski definition) is 2. The van der Waals surface area contributed by atoms with Gasteiger partial charge in [-0.05, 0) is 29.5 Å². The maximum atomic E-state index is 12.4. The minimum atomic E-state index is -0.311. The molecule has 2 aromatic rings. The highest BCUT2D eigenvalue weighted by molar-refractivity contribution is 7.99. The van der Waals surface area contributed by atoms with Crippen molar-refractivity contribution in [1.82, 2.24) is 0 Å². The van der Waals surface area contributed by atoms with Crippen molar-refractivity contribution in [3.05, 3.63) is 60.2 Å². The van der Waals surface area contributed by atoms with Crippen molar-refractivity contribution in [2.75, 3.05) is 11.1 Å². The monoisotopic (exact) mass is 314 g/mol. The molecule has 0 bridgehead atoms. The maximum absolute atomic E-state index is 12.4. The van der Waals surface area contributed by atoms with Crippen LogP contribution < -0.4 is 11.1 Å². The van der Waals surface area contributed by atoms with Crippen LogP contribution in [0, 0.1) is 5.92 Å². The molecule has 0 aromatic heterocycles. The Morgan fingerprint density at radius 2 is 1.91 bits per heavy atom. The molecule has 2 aromatic carbocycles. The van der Waals surface area contributed by atoms with E-state index in [4.69, 9.17) is 5.73 Å². The number of rotatable bonds is 6. The highest BCUT2D eigenvalue weighted by atomic mass is 32.2. The number of amides is 1. The summed E-state index contributed by atoms with van der Waals surface area (Å²) in [5.74, 6) is 0.645. The smallest absolute Gasteiger partial charge is 0.229 e. The van der Waals surface area contributed by atoms with Gasteiger partial charge in [-0.15, -0.1) is 11.8 Å². The van der Waals surface area contributed by atoms with E-state index < -0.39 is 0 Å². The zero-order valence-electron chi connectivity index (χ0n) is 13.0. The normalized spacial score (nSPS) is 13.4. The molecule has 0 fully saturated rings. The first-order chi connectivity index (χ1) is 10.6. The van der Waals surface area contributed by atoms with E-state index in [1.54, 1.807) is 11.8 Å². The van der Waals surface area contributed by atoms with E-state index in [1.807, 2.05) is 61.5 Å². The van der Waals surface area contributed by atoms with Crippen LogP contribution in [-0.2, 0) is 4.79 Å². The largest absolute Gasteiger partial charge is 0.326 e. The van der Waals surface area contributed by atoms with E-state index in [0.29, 0.717) is 0 Å². The van der Waals surface area contributed by atoms with Gasteiger partial charge in [-0.1, -0.05) is 50.2 Å². The molecule has 116 valence electrons. The molecule has 3 nitrogen and oxygen atoms in total. The summed E-state index contributed by atoms with van der Waals surface area (Å²) in [7, 11) is 0. The van der Waals surface area contributed by atoms with Crippen molar-refractivity contribution in [2.24, 2.45) is 11.7 Å². The molecule has 0 aliphatic carbocycles. The lowest BCUT2D eigenvalue weighted by atomic mass is 9.94. The second-order valence-corrected chi connectivity index (χ2v) is 6.51. The molecule has 0 radical (unpaired) electrons. The summed E-state index contributed by atoms with van der Waals surface area (Å²) in [6, 6.07) is 17.3. The van der Waals surface area contributed by atoms with Crippen LogP contribution in [0.1, 0.15) is 25.5 Å². The molecule has 3 N–H and O–H groups in total. The van der Waals surface area contributed by atoms with E-state index in [1.165, 1.54) is 0 Å². The molecule has 0 heterocycles. The first-order valence-corrected chi connectivity index (χ1v) is 8.44. The lowest BCUT2D eigenvalue weighted by Crippen LogP contribution is -2.30. The molecule has 2 rings (SSSR count). The minimum Gasteiger partial charge on any atom is -0.326 e. The third-order valence-corrected chi connectivity index (χ3v) is 4.43. The highest BCUT2D eigenvalue weighted by Crippen LogP contribution is 2.23. The number of nitrogens with one attached hydrogen (secondary N) is 1. The van der Waals surface area contributed by atoms with Crippen LogP contribution in [-0.4, -0.2) is 11.7 Å². The van der Waals surface area contributed by atoms with Crippen LogP contribution in [0.25, 0.3) is 0 Å². The third kappa shape index (κ3) is 4.36. The van der Waals surface area contributed by atoms with E-state index in [2.05, 4.69) is 12.2 Å². The lowest BCUT2D eigenvalue weighted by molar-refractivity contribution is -0.120. The summed E-state index contributed by atoms with van der Waals surface area (Å²) in [4.78, 5) is 13.6. The number of hydrogen-bond acceptors (Lipinski definition) is 3. The van der Waals surface area contributed by atoms with Crippen molar-refractivity contribution in [2.45, 2.75) is 24.8 Å². The van der Waals surface area contributed by atoms with Crippen LogP contribution >= 0.6 is 11.8 Å². The lowest BCUT2D eigenvalue weighted by Gasteiger charge is -2.20. The average Bonchev–Trinajstić information content (AvgIpc) is 2.55. The Bertz CT molecular complexity index is 615. The maximum Gasteiger partial charge on any atom is 0.229 e. The molecule has 0 saturated carbocycles. The van der Waals surface area contributed by atoms with Crippen molar-refractivity contribution in [3.63, 3.8) is 0 Å². The highest BCUT2D eigenvalue weighted by Gasteiger charge is 2.22. The first kappa shape index (κ1) is 16.6. The molecule has 0 aliphatic heterocycles. The van der Waals surface area contributed by atoms with Gasteiger partial charge in [0, 0.05) is 16.6 Å². The average molecular weight is 314 g/mol. The quantitative estimate of drug-likeness (QED) is 0.790. The molecule has 2 unspecified atom stereocenters. The van der Waals surface area contributed by atoms with Crippen LogP contribution in [0.5, 0.6) is 0 Å². The Morgan fingerprint density at radius 1 is 1.18 bits per heavy atom. The fraction of sp³-hybridized carbons (Fsp3) is 0.278. The fourth-order valence-electron chi connectivity index (χ4n) is 2.21. The Kier molecular flexibility index (Phi) is 6.04. The third-order valence-electron chi connectivity index (χ3n) is 3.55. The fourth-order valence-corrected chi connectivity index (χ4v) is 2.93. The van der Waals surface area contributed by atoms with Gasteiger partial charge in [0.05, 0.1) is 5.92 Å². The number of nitrogens with two attached hydrogens (primary N) is 1. The van der Waals surface area contributed by atoms with Crippen LogP contribution in [0.3, 0.4) is 0 Å². The Labute approximate surface area is 136 Å². The molecule has 1 amide bonds. The first-order valence-electron chi connectivity index (χ1n) is 7.46. The summed E-state index contributed by atoms with van der Waals surface area (Å²) >= 11 is 1.75. The summed E-state index contributed by atoms with van der Waals surface area (Å²) in [5, 5.41) is 2.96. The zero-order chi connectivity index (χ0) is 15.9. The van der Waals surface area contributed by atoms with Crippen molar-refractivity contribution in [3.8, 4) is 0 Å².